The topological polar surface area (TPSA) is 22.1 Å². The Morgan fingerprint density at radius 3 is 2.69 bits per heavy atom. The first kappa shape index (κ1) is 11.7. The van der Waals surface area contributed by atoms with Gasteiger partial charge in [-0.05, 0) is 37.2 Å². The largest absolute Gasteiger partial charge is 0.490 e. The van der Waals surface area contributed by atoms with Crippen LogP contribution in [0.2, 0.25) is 5.15 Å². The molecule has 0 bridgehead atoms. The fourth-order valence-corrected chi connectivity index (χ4v) is 2.30. The highest BCUT2D eigenvalue weighted by atomic mass is 35.5. The molecule has 16 heavy (non-hydrogen) atoms. The van der Waals surface area contributed by atoms with E-state index in [4.69, 9.17) is 16.3 Å². The van der Waals surface area contributed by atoms with Gasteiger partial charge in [0.1, 0.15) is 10.9 Å². The molecule has 1 aromatic rings. The van der Waals surface area contributed by atoms with E-state index < -0.39 is 0 Å². The first-order chi connectivity index (χ1) is 7.55. The van der Waals surface area contributed by atoms with Gasteiger partial charge in [0.15, 0.2) is 0 Å². The lowest BCUT2D eigenvalue weighted by Gasteiger charge is -2.34. The van der Waals surface area contributed by atoms with Gasteiger partial charge in [0.05, 0.1) is 6.10 Å². The van der Waals surface area contributed by atoms with Gasteiger partial charge in [-0.25, -0.2) is 4.98 Å². The van der Waals surface area contributed by atoms with Crippen molar-refractivity contribution in [1.82, 2.24) is 4.98 Å². The zero-order valence-corrected chi connectivity index (χ0v) is 10.6. The molecular formula is C13H18ClNO. The van der Waals surface area contributed by atoms with Crippen LogP contribution in [0.25, 0.3) is 0 Å². The average molecular weight is 240 g/mol. The van der Waals surface area contributed by atoms with Crippen molar-refractivity contribution in [3.8, 4) is 5.75 Å². The molecule has 1 aliphatic rings. The van der Waals surface area contributed by atoms with E-state index in [0.29, 0.717) is 16.7 Å². The Balaban J connectivity index is 1.92. The molecule has 0 N–H and O–H groups in total. The molecule has 88 valence electrons. The Bertz CT molecular complexity index is 355. The van der Waals surface area contributed by atoms with Gasteiger partial charge >= 0.3 is 0 Å². The number of rotatable bonds is 2. The van der Waals surface area contributed by atoms with E-state index in [0.717, 1.165) is 18.6 Å². The summed E-state index contributed by atoms with van der Waals surface area (Å²) in [6, 6.07) is 3.65. The molecule has 1 aromatic heterocycles. The van der Waals surface area contributed by atoms with Crippen LogP contribution in [0.3, 0.4) is 0 Å². The first-order valence-electron chi connectivity index (χ1n) is 5.83. The SMILES string of the molecule is CC1(C)CCC(Oc2ccnc(Cl)c2)CC1. The van der Waals surface area contributed by atoms with E-state index in [1.165, 1.54) is 12.8 Å². The summed E-state index contributed by atoms with van der Waals surface area (Å²) < 4.78 is 5.90. The van der Waals surface area contributed by atoms with Gasteiger partial charge in [-0.15, -0.1) is 0 Å². The fourth-order valence-electron chi connectivity index (χ4n) is 2.14. The minimum atomic E-state index is 0.339. The van der Waals surface area contributed by atoms with Crippen LogP contribution < -0.4 is 4.74 Å². The second kappa shape index (κ2) is 4.62. The Hall–Kier alpha value is -0.760. The molecule has 0 spiro atoms. The Labute approximate surface area is 102 Å². The van der Waals surface area contributed by atoms with Gasteiger partial charge in [-0.2, -0.15) is 0 Å². The Morgan fingerprint density at radius 1 is 1.38 bits per heavy atom. The van der Waals surface area contributed by atoms with Crippen molar-refractivity contribution >= 4 is 11.6 Å². The molecule has 0 aliphatic heterocycles. The molecular weight excluding hydrogens is 222 g/mol. The maximum absolute atomic E-state index is 5.90. The molecule has 1 heterocycles. The van der Waals surface area contributed by atoms with Crippen LogP contribution in [0.5, 0.6) is 5.75 Å². The van der Waals surface area contributed by atoms with Gasteiger partial charge in [0, 0.05) is 12.3 Å². The number of halogens is 1. The predicted molar refractivity (Wildman–Crippen MR) is 65.9 cm³/mol. The molecule has 1 fully saturated rings. The summed E-state index contributed by atoms with van der Waals surface area (Å²) in [6.07, 6.45) is 6.75. The first-order valence-corrected chi connectivity index (χ1v) is 6.21. The average Bonchev–Trinajstić information content (AvgIpc) is 2.21. The molecule has 0 radical (unpaired) electrons. The predicted octanol–water partition coefficient (Wildman–Crippen LogP) is 4.08. The van der Waals surface area contributed by atoms with Crippen molar-refractivity contribution in [2.75, 3.05) is 0 Å². The van der Waals surface area contributed by atoms with E-state index in [1.54, 1.807) is 12.3 Å². The van der Waals surface area contributed by atoms with Crippen molar-refractivity contribution < 1.29 is 4.74 Å². The maximum atomic E-state index is 5.90. The van der Waals surface area contributed by atoms with Gasteiger partial charge in [0.25, 0.3) is 0 Å². The number of nitrogens with zero attached hydrogens (tertiary/aromatic N) is 1. The van der Waals surface area contributed by atoms with Crippen LogP contribution in [0.1, 0.15) is 39.5 Å². The van der Waals surface area contributed by atoms with Crippen LogP contribution in [-0.4, -0.2) is 11.1 Å². The maximum Gasteiger partial charge on any atom is 0.132 e. The summed E-state index contributed by atoms with van der Waals surface area (Å²) in [5.74, 6) is 0.838. The second-order valence-electron chi connectivity index (χ2n) is 5.30. The molecule has 1 saturated carbocycles. The number of hydrogen-bond acceptors (Lipinski definition) is 2. The quantitative estimate of drug-likeness (QED) is 0.726. The molecule has 0 amide bonds. The summed E-state index contributed by atoms with van der Waals surface area (Å²) >= 11 is 5.82. The zero-order chi connectivity index (χ0) is 11.6. The van der Waals surface area contributed by atoms with E-state index >= 15 is 0 Å². The third kappa shape index (κ3) is 3.11. The molecule has 0 saturated heterocycles. The molecule has 0 atom stereocenters. The lowest BCUT2D eigenvalue weighted by molar-refractivity contribution is 0.0987. The second-order valence-corrected chi connectivity index (χ2v) is 5.68. The molecule has 2 nitrogen and oxygen atoms in total. The molecule has 0 aromatic carbocycles. The zero-order valence-electron chi connectivity index (χ0n) is 9.87. The van der Waals surface area contributed by atoms with Gasteiger partial charge in [0.2, 0.25) is 0 Å². The van der Waals surface area contributed by atoms with Crippen LogP contribution in [0.15, 0.2) is 18.3 Å². The summed E-state index contributed by atoms with van der Waals surface area (Å²) in [5.41, 5.74) is 0.482. The Morgan fingerprint density at radius 2 is 2.06 bits per heavy atom. The van der Waals surface area contributed by atoms with Crippen molar-refractivity contribution in [3.63, 3.8) is 0 Å². The third-order valence-corrected chi connectivity index (χ3v) is 3.49. The van der Waals surface area contributed by atoms with Crippen molar-refractivity contribution in [1.29, 1.82) is 0 Å². The normalized spacial score (nSPS) is 20.7. The standard InChI is InChI=1S/C13H18ClNO/c1-13(2)6-3-10(4-7-13)16-11-5-8-15-12(14)9-11/h5,8-10H,3-4,6-7H2,1-2H3. The monoisotopic (exact) mass is 239 g/mol. The highest BCUT2D eigenvalue weighted by molar-refractivity contribution is 6.29. The van der Waals surface area contributed by atoms with E-state index in [1.807, 2.05) is 6.07 Å². The number of aromatic nitrogens is 1. The molecule has 1 aliphatic carbocycles. The fraction of sp³-hybridized carbons (Fsp3) is 0.615. The molecule has 2 rings (SSSR count). The van der Waals surface area contributed by atoms with Crippen LogP contribution >= 0.6 is 11.6 Å². The van der Waals surface area contributed by atoms with Gasteiger partial charge < -0.3 is 4.74 Å². The summed E-state index contributed by atoms with van der Waals surface area (Å²) in [5, 5.41) is 0.494. The number of pyridine rings is 1. The highest BCUT2D eigenvalue weighted by Gasteiger charge is 2.27. The van der Waals surface area contributed by atoms with Gasteiger partial charge in [-0.1, -0.05) is 25.4 Å². The van der Waals surface area contributed by atoms with E-state index in [-0.39, 0.29) is 0 Å². The van der Waals surface area contributed by atoms with Crippen molar-refractivity contribution in [2.24, 2.45) is 5.41 Å². The molecule has 0 unspecified atom stereocenters. The minimum absolute atomic E-state index is 0.339. The van der Waals surface area contributed by atoms with Crippen LogP contribution in [0, 0.1) is 5.41 Å². The van der Waals surface area contributed by atoms with Crippen molar-refractivity contribution in [2.45, 2.75) is 45.6 Å². The van der Waals surface area contributed by atoms with Crippen LogP contribution in [0.4, 0.5) is 0 Å². The number of ether oxygens (including phenoxy) is 1. The van der Waals surface area contributed by atoms with Crippen LogP contribution in [-0.2, 0) is 0 Å². The summed E-state index contributed by atoms with van der Waals surface area (Å²) in [7, 11) is 0. The minimum Gasteiger partial charge on any atom is -0.490 e. The smallest absolute Gasteiger partial charge is 0.132 e. The Kier molecular flexibility index (Phi) is 3.38. The summed E-state index contributed by atoms with van der Waals surface area (Å²) in [6.45, 7) is 4.65. The number of hydrogen-bond donors (Lipinski definition) is 0. The third-order valence-electron chi connectivity index (χ3n) is 3.29. The lowest BCUT2D eigenvalue weighted by atomic mass is 9.76. The lowest BCUT2D eigenvalue weighted by Crippen LogP contribution is -2.28. The molecule has 3 heteroatoms. The van der Waals surface area contributed by atoms with Crippen molar-refractivity contribution in [3.05, 3.63) is 23.5 Å². The van der Waals surface area contributed by atoms with E-state index in [2.05, 4.69) is 18.8 Å². The summed E-state index contributed by atoms with van der Waals surface area (Å²) in [4.78, 5) is 3.94. The van der Waals surface area contributed by atoms with Gasteiger partial charge in [-0.3, -0.25) is 0 Å². The highest BCUT2D eigenvalue weighted by Crippen LogP contribution is 2.36. The van der Waals surface area contributed by atoms with E-state index in [9.17, 15) is 0 Å².